The standard InChI is InChI=1S/C20H28N4O2/c1-2-26-18-8-4-3-7-17(18)24-13-11-23(12-14-24)15-19(25)22-20(16-21)9-5-6-10-20/h3-4,7-8H,2,5-6,9-15H2,1H3,(H,22,25). The van der Waals surface area contributed by atoms with E-state index in [1.807, 2.05) is 25.1 Å². The summed E-state index contributed by atoms with van der Waals surface area (Å²) < 4.78 is 5.73. The Labute approximate surface area is 155 Å². The number of anilines is 1. The molecule has 0 unspecified atom stereocenters. The third kappa shape index (κ3) is 4.28. The number of carbonyl (C=O) groups is 1. The Balaban J connectivity index is 1.51. The van der Waals surface area contributed by atoms with Crippen molar-refractivity contribution in [2.75, 3.05) is 44.2 Å². The van der Waals surface area contributed by atoms with Gasteiger partial charge >= 0.3 is 0 Å². The van der Waals surface area contributed by atoms with Crippen LogP contribution >= 0.6 is 0 Å². The number of ether oxygens (including phenoxy) is 1. The van der Waals surface area contributed by atoms with Gasteiger partial charge in [-0.05, 0) is 44.7 Å². The second-order valence-electron chi connectivity index (χ2n) is 7.11. The van der Waals surface area contributed by atoms with Crippen molar-refractivity contribution in [1.29, 1.82) is 5.26 Å². The third-order valence-electron chi connectivity index (χ3n) is 5.30. The molecule has 1 aliphatic carbocycles. The van der Waals surface area contributed by atoms with Gasteiger partial charge in [0.05, 0.1) is 24.9 Å². The van der Waals surface area contributed by atoms with E-state index in [2.05, 4.69) is 27.3 Å². The van der Waals surface area contributed by atoms with Crippen molar-refractivity contribution in [3.05, 3.63) is 24.3 Å². The van der Waals surface area contributed by atoms with Crippen LogP contribution in [0.3, 0.4) is 0 Å². The van der Waals surface area contributed by atoms with E-state index >= 15 is 0 Å². The maximum Gasteiger partial charge on any atom is 0.235 e. The molecule has 2 aliphatic rings. The summed E-state index contributed by atoms with van der Waals surface area (Å²) in [6, 6.07) is 10.4. The molecule has 0 radical (unpaired) electrons. The summed E-state index contributed by atoms with van der Waals surface area (Å²) in [4.78, 5) is 16.9. The molecule has 0 spiro atoms. The minimum Gasteiger partial charge on any atom is -0.492 e. The van der Waals surface area contributed by atoms with E-state index < -0.39 is 5.54 Å². The molecular formula is C20H28N4O2. The molecule has 1 aliphatic heterocycles. The molecular weight excluding hydrogens is 328 g/mol. The lowest BCUT2D eigenvalue weighted by Gasteiger charge is -2.36. The topological polar surface area (TPSA) is 68.6 Å². The number of rotatable bonds is 6. The fraction of sp³-hybridized carbons (Fsp3) is 0.600. The first-order chi connectivity index (χ1) is 12.7. The number of piperazine rings is 1. The zero-order valence-electron chi connectivity index (χ0n) is 15.5. The van der Waals surface area contributed by atoms with E-state index in [-0.39, 0.29) is 5.91 Å². The summed E-state index contributed by atoms with van der Waals surface area (Å²) in [6.45, 7) is 6.39. The fourth-order valence-corrected chi connectivity index (χ4v) is 3.90. The molecule has 140 valence electrons. The van der Waals surface area contributed by atoms with Crippen molar-refractivity contribution >= 4 is 11.6 Å². The Bertz CT molecular complexity index is 656. The number of carbonyl (C=O) groups excluding carboxylic acids is 1. The SMILES string of the molecule is CCOc1ccccc1N1CCN(CC(=O)NC2(C#N)CCCC2)CC1. The molecule has 1 saturated heterocycles. The van der Waals surface area contributed by atoms with Crippen molar-refractivity contribution in [3.63, 3.8) is 0 Å². The molecule has 1 amide bonds. The minimum absolute atomic E-state index is 0.0309. The highest BCUT2D eigenvalue weighted by molar-refractivity contribution is 5.79. The Kier molecular flexibility index (Phi) is 6.00. The van der Waals surface area contributed by atoms with Crippen LogP contribution in [0.1, 0.15) is 32.6 Å². The first-order valence-corrected chi connectivity index (χ1v) is 9.57. The van der Waals surface area contributed by atoms with Gasteiger partial charge in [-0.1, -0.05) is 12.1 Å². The minimum atomic E-state index is -0.630. The van der Waals surface area contributed by atoms with Gasteiger partial charge in [0.2, 0.25) is 5.91 Å². The number of nitriles is 1. The number of hydrogen-bond acceptors (Lipinski definition) is 5. The van der Waals surface area contributed by atoms with Crippen LogP contribution in [0.4, 0.5) is 5.69 Å². The van der Waals surface area contributed by atoms with Gasteiger partial charge in [-0.2, -0.15) is 5.26 Å². The number of nitrogens with zero attached hydrogens (tertiary/aromatic N) is 3. The van der Waals surface area contributed by atoms with Gasteiger partial charge in [-0.25, -0.2) is 0 Å². The molecule has 0 aromatic heterocycles. The van der Waals surface area contributed by atoms with Crippen molar-refractivity contribution in [2.24, 2.45) is 0 Å². The van der Waals surface area contributed by atoms with E-state index in [1.54, 1.807) is 0 Å². The lowest BCUT2D eigenvalue weighted by Crippen LogP contribution is -2.53. The van der Waals surface area contributed by atoms with E-state index in [1.165, 1.54) is 0 Å². The van der Waals surface area contributed by atoms with Crippen LogP contribution in [0.25, 0.3) is 0 Å². The summed E-state index contributed by atoms with van der Waals surface area (Å²) >= 11 is 0. The Morgan fingerprint density at radius 2 is 1.92 bits per heavy atom. The first kappa shape index (κ1) is 18.5. The molecule has 1 aromatic rings. The Morgan fingerprint density at radius 3 is 2.58 bits per heavy atom. The van der Waals surface area contributed by atoms with Crippen LogP contribution in [0.2, 0.25) is 0 Å². The van der Waals surface area contributed by atoms with Crippen LogP contribution in [-0.2, 0) is 4.79 Å². The number of hydrogen-bond donors (Lipinski definition) is 1. The number of para-hydroxylation sites is 2. The molecule has 0 bridgehead atoms. The Morgan fingerprint density at radius 1 is 1.23 bits per heavy atom. The zero-order valence-corrected chi connectivity index (χ0v) is 15.5. The first-order valence-electron chi connectivity index (χ1n) is 9.57. The van der Waals surface area contributed by atoms with Gasteiger partial charge in [0.1, 0.15) is 11.3 Å². The summed E-state index contributed by atoms with van der Waals surface area (Å²) in [5.74, 6) is 0.884. The normalized spacial score (nSPS) is 19.8. The molecule has 1 saturated carbocycles. The molecule has 26 heavy (non-hydrogen) atoms. The van der Waals surface area contributed by atoms with E-state index in [9.17, 15) is 10.1 Å². The smallest absolute Gasteiger partial charge is 0.235 e. The van der Waals surface area contributed by atoms with Crippen molar-refractivity contribution in [2.45, 2.75) is 38.1 Å². The summed E-state index contributed by atoms with van der Waals surface area (Å²) in [5, 5.41) is 12.4. The zero-order chi connectivity index (χ0) is 18.4. The highest BCUT2D eigenvalue weighted by Crippen LogP contribution is 2.30. The number of benzene rings is 1. The average Bonchev–Trinajstić information content (AvgIpc) is 3.12. The van der Waals surface area contributed by atoms with Crippen LogP contribution < -0.4 is 15.0 Å². The molecule has 6 nitrogen and oxygen atoms in total. The number of nitrogens with one attached hydrogen (secondary N) is 1. The van der Waals surface area contributed by atoms with Crippen LogP contribution in [0, 0.1) is 11.3 Å². The van der Waals surface area contributed by atoms with Gasteiger partial charge in [0.15, 0.2) is 0 Å². The summed E-state index contributed by atoms with van der Waals surface area (Å²) in [7, 11) is 0. The molecule has 1 aromatic carbocycles. The van der Waals surface area contributed by atoms with Gasteiger partial charge in [0, 0.05) is 26.2 Å². The third-order valence-corrected chi connectivity index (χ3v) is 5.30. The fourth-order valence-electron chi connectivity index (χ4n) is 3.90. The molecule has 1 heterocycles. The van der Waals surface area contributed by atoms with Crippen LogP contribution in [0.15, 0.2) is 24.3 Å². The van der Waals surface area contributed by atoms with E-state index in [0.717, 1.165) is 63.3 Å². The lowest BCUT2D eigenvalue weighted by molar-refractivity contribution is -0.123. The van der Waals surface area contributed by atoms with Crippen molar-refractivity contribution < 1.29 is 9.53 Å². The van der Waals surface area contributed by atoms with Gasteiger partial charge < -0.3 is 15.0 Å². The van der Waals surface area contributed by atoms with Crippen molar-refractivity contribution in [3.8, 4) is 11.8 Å². The maximum atomic E-state index is 12.4. The largest absolute Gasteiger partial charge is 0.492 e. The predicted octanol–water partition coefficient (Wildman–Crippen LogP) is 2.16. The quantitative estimate of drug-likeness (QED) is 0.846. The lowest BCUT2D eigenvalue weighted by atomic mass is 10.00. The maximum absolute atomic E-state index is 12.4. The van der Waals surface area contributed by atoms with Gasteiger partial charge in [0.25, 0.3) is 0 Å². The predicted molar refractivity (Wildman–Crippen MR) is 101 cm³/mol. The highest BCUT2D eigenvalue weighted by atomic mass is 16.5. The molecule has 6 heteroatoms. The molecule has 0 atom stereocenters. The highest BCUT2D eigenvalue weighted by Gasteiger charge is 2.35. The van der Waals surface area contributed by atoms with Crippen LogP contribution in [0.5, 0.6) is 5.75 Å². The number of amides is 1. The second kappa shape index (κ2) is 8.41. The Hall–Kier alpha value is -2.26. The van der Waals surface area contributed by atoms with Gasteiger partial charge in [-0.3, -0.25) is 9.69 Å². The van der Waals surface area contributed by atoms with E-state index in [0.29, 0.717) is 13.2 Å². The van der Waals surface area contributed by atoms with E-state index in [4.69, 9.17) is 4.74 Å². The van der Waals surface area contributed by atoms with Crippen LogP contribution in [-0.4, -0.2) is 55.7 Å². The van der Waals surface area contributed by atoms with Crippen molar-refractivity contribution in [1.82, 2.24) is 10.2 Å². The monoisotopic (exact) mass is 356 g/mol. The van der Waals surface area contributed by atoms with Gasteiger partial charge in [-0.15, -0.1) is 0 Å². The molecule has 3 rings (SSSR count). The summed E-state index contributed by atoms with van der Waals surface area (Å²) in [5.41, 5.74) is 0.489. The molecule has 1 N–H and O–H groups in total. The average molecular weight is 356 g/mol. The molecule has 2 fully saturated rings. The summed E-state index contributed by atoms with van der Waals surface area (Å²) in [6.07, 6.45) is 3.59. The second-order valence-corrected chi connectivity index (χ2v) is 7.11.